The van der Waals surface area contributed by atoms with Crippen LogP contribution in [0.25, 0.3) is 21.8 Å². The van der Waals surface area contributed by atoms with Crippen LogP contribution >= 0.6 is 0 Å². The lowest BCUT2D eigenvalue weighted by Gasteiger charge is -1.95. The number of nitrogens with one attached hydrogen (secondary N) is 1. The zero-order valence-electron chi connectivity index (χ0n) is 7.92. The molecule has 2 aromatic carbocycles. The van der Waals surface area contributed by atoms with E-state index in [0.717, 1.165) is 21.8 Å². The van der Waals surface area contributed by atoms with E-state index in [-0.39, 0.29) is 5.82 Å². The minimum Gasteiger partial charge on any atom is -0.398 e. The molecular formula is C12H9FN2. The van der Waals surface area contributed by atoms with E-state index in [1.807, 2.05) is 18.2 Å². The summed E-state index contributed by atoms with van der Waals surface area (Å²) in [5.41, 5.74) is 8.39. The maximum Gasteiger partial charge on any atom is 0.123 e. The second-order valence-electron chi connectivity index (χ2n) is 3.58. The highest BCUT2D eigenvalue weighted by Gasteiger charge is 2.06. The Bertz CT molecular complexity index is 655. The number of aromatic amines is 1. The van der Waals surface area contributed by atoms with Gasteiger partial charge in [0.25, 0.3) is 0 Å². The van der Waals surface area contributed by atoms with Gasteiger partial charge >= 0.3 is 0 Å². The Hall–Kier alpha value is -2.03. The summed E-state index contributed by atoms with van der Waals surface area (Å²) in [6.45, 7) is 0. The van der Waals surface area contributed by atoms with Crippen molar-refractivity contribution in [2.75, 3.05) is 5.73 Å². The molecule has 3 rings (SSSR count). The number of rotatable bonds is 0. The molecule has 15 heavy (non-hydrogen) atoms. The standard InChI is InChI=1S/C12H9FN2/c13-7-4-5-10-8(6-7)12-9(14)2-1-3-11(12)15-10/h1-6,15H,14H2. The van der Waals surface area contributed by atoms with Crippen molar-refractivity contribution in [1.29, 1.82) is 0 Å². The zero-order chi connectivity index (χ0) is 10.4. The molecule has 0 fully saturated rings. The van der Waals surface area contributed by atoms with E-state index < -0.39 is 0 Å². The Kier molecular flexibility index (Phi) is 1.51. The van der Waals surface area contributed by atoms with Crippen LogP contribution in [0.4, 0.5) is 10.1 Å². The molecule has 1 aromatic heterocycles. The Morgan fingerprint density at radius 3 is 2.80 bits per heavy atom. The molecule has 1 heterocycles. The van der Waals surface area contributed by atoms with E-state index in [0.29, 0.717) is 5.69 Å². The first-order valence-electron chi connectivity index (χ1n) is 4.71. The number of nitrogens with two attached hydrogens (primary N) is 1. The average Bonchev–Trinajstić information content (AvgIpc) is 2.57. The minimum absolute atomic E-state index is 0.244. The largest absolute Gasteiger partial charge is 0.398 e. The minimum atomic E-state index is -0.244. The smallest absolute Gasteiger partial charge is 0.123 e. The van der Waals surface area contributed by atoms with E-state index in [4.69, 9.17) is 5.73 Å². The first kappa shape index (κ1) is 8.29. The highest BCUT2D eigenvalue weighted by molar-refractivity contribution is 6.12. The van der Waals surface area contributed by atoms with E-state index in [9.17, 15) is 4.39 Å². The van der Waals surface area contributed by atoms with E-state index in [2.05, 4.69) is 4.98 Å². The molecular weight excluding hydrogens is 191 g/mol. The number of aromatic nitrogens is 1. The molecule has 0 unspecified atom stereocenters. The summed E-state index contributed by atoms with van der Waals surface area (Å²) in [4.78, 5) is 3.20. The van der Waals surface area contributed by atoms with Crippen molar-refractivity contribution in [2.45, 2.75) is 0 Å². The molecule has 3 N–H and O–H groups in total. The highest BCUT2D eigenvalue weighted by atomic mass is 19.1. The quantitative estimate of drug-likeness (QED) is 0.538. The third kappa shape index (κ3) is 1.09. The Morgan fingerprint density at radius 1 is 1.07 bits per heavy atom. The maximum atomic E-state index is 13.1. The highest BCUT2D eigenvalue weighted by Crippen LogP contribution is 2.29. The molecule has 0 bridgehead atoms. The number of benzene rings is 2. The van der Waals surface area contributed by atoms with Gasteiger partial charge in [-0.3, -0.25) is 0 Å². The lowest BCUT2D eigenvalue weighted by atomic mass is 10.1. The van der Waals surface area contributed by atoms with Crippen molar-refractivity contribution in [2.24, 2.45) is 0 Å². The Balaban J connectivity index is 2.61. The summed E-state index contributed by atoms with van der Waals surface area (Å²) >= 11 is 0. The van der Waals surface area contributed by atoms with Crippen molar-refractivity contribution in [3.05, 3.63) is 42.2 Å². The van der Waals surface area contributed by atoms with Crippen LogP contribution in [0.1, 0.15) is 0 Å². The third-order valence-electron chi connectivity index (χ3n) is 2.62. The molecule has 0 radical (unpaired) electrons. The molecule has 0 saturated heterocycles. The average molecular weight is 200 g/mol. The molecule has 0 aliphatic carbocycles. The normalized spacial score (nSPS) is 11.3. The van der Waals surface area contributed by atoms with E-state index in [1.165, 1.54) is 12.1 Å². The summed E-state index contributed by atoms with van der Waals surface area (Å²) in [5, 5.41) is 1.73. The number of fused-ring (bicyclic) bond motifs is 3. The van der Waals surface area contributed by atoms with Crippen LogP contribution in [0.2, 0.25) is 0 Å². The zero-order valence-corrected chi connectivity index (χ0v) is 7.92. The van der Waals surface area contributed by atoms with Gasteiger partial charge in [-0.25, -0.2) is 4.39 Å². The number of hydrogen-bond acceptors (Lipinski definition) is 1. The van der Waals surface area contributed by atoms with Crippen molar-refractivity contribution in [1.82, 2.24) is 4.98 Å². The second-order valence-corrected chi connectivity index (χ2v) is 3.58. The first-order chi connectivity index (χ1) is 7.25. The van der Waals surface area contributed by atoms with Gasteiger partial charge in [-0.15, -0.1) is 0 Å². The molecule has 0 aliphatic heterocycles. The monoisotopic (exact) mass is 200 g/mol. The van der Waals surface area contributed by atoms with Gasteiger partial charge in [-0.05, 0) is 30.3 Å². The Morgan fingerprint density at radius 2 is 1.93 bits per heavy atom. The van der Waals surface area contributed by atoms with Gasteiger partial charge < -0.3 is 10.7 Å². The molecule has 0 amide bonds. The fourth-order valence-corrected chi connectivity index (χ4v) is 1.95. The van der Waals surface area contributed by atoms with Gasteiger partial charge in [0.2, 0.25) is 0 Å². The van der Waals surface area contributed by atoms with Crippen molar-refractivity contribution in [3.63, 3.8) is 0 Å². The van der Waals surface area contributed by atoms with Crippen LogP contribution in [0.15, 0.2) is 36.4 Å². The molecule has 74 valence electrons. The maximum absolute atomic E-state index is 13.1. The van der Waals surface area contributed by atoms with Gasteiger partial charge in [-0.1, -0.05) is 6.07 Å². The second kappa shape index (κ2) is 2.73. The first-order valence-corrected chi connectivity index (χ1v) is 4.71. The molecule has 0 aliphatic rings. The summed E-state index contributed by atoms with van der Waals surface area (Å²) in [7, 11) is 0. The van der Waals surface area contributed by atoms with Gasteiger partial charge in [0.15, 0.2) is 0 Å². The summed E-state index contributed by atoms with van der Waals surface area (Å²) in [6, 6.07) is 10.3. The van der Waals surface area contributed by atoms with Crippen LogP contribution in [0.5, 0.6) is 0 Å². The van der Waals surface area contributed by atoms with Gasteiger partial charge in [0, 0.05) is 27.5 Å². The van der Waals surface area contributed by atoms with Crippen LogP contribution in [0.3, 0.4) is 0 Å². The number of anilines is 1. The summed E-state index contributed by atoms with van der Waals surface area (Å²) < 4.78 is 13.1. The van der Waals surface area contributed by atoms with Crippen LogP contribution in [-0.4, -0.2) is 4.98 Å². The fourth-order valence-electron chi connectivity index (χ4n) is 1.95. The van der Waals surface area contributed by atoms with Gasteiger partial charge in [0.1, 0.15) is 5.82 Å². The van der Waals surface area contributed by atoms with Crippen LogP contribution in [-0.2, 0) is 0 Å². The third-order valence-corrected chi connectivity index (χ3v) is 2.62. The molecule has 3 aromatic rings. The molecule has 2 nitrogen and oxygen atoms in total. The van der Waals surface area contributed by atoms with Crippen molar-refractivity contribution in [3.8, 4) is 0 Å². The van der Waals surface area contributed by atoms with Crippen LogP contribution < -0.4 is 5.73 Å². The summed E-state index contributed by atoms with van der Waals surface area (Å²) in [5.74, 6) is -0.244. The predicted octanol–water partition coefficient (Wildman–Crippen LogP) is 3.04. The van der Waals surface area contributed by atoms with E-state index >= 15 is 0 Å². The summed E-state index contributed by atoms with van der Waals surface area (Å²) in [6.07, 6.45) is 0. The fraction of sp³-hybridized carbons (Fsp3) is 0. The molecule has 0 spiro atoms. The van der Waals surface area contributed by atoms with Gasteiger partial charge in [-0.2, -0.15) is 0 Å². The number of nitrogen functional groups attached to an aromatic ring is 1. The number of halogens is 1. The Labute approximate surface area is 85.5 Å². The molecule has 0 atom stereocenters. The van der Waals surface area contributed by atoms with Crippen molar-refractivity contribution >= 4 is 27.5 Å². The lowest BCUT2D eigenvalue weighted by molar-refractivity contribution is 0.630. The number of hydrogen-bond donors (Lipinski definition) is 2. The molecule has 0 saturated carbocycles. The SMILES string of the molecule is Nc1cccc2[nH]c3ccc(F)cc3c12. The predicted molar refractivity (Wildman–Crippen MR) is 60.2 cm³/mol. The van der Waals surface area contributed by atoms with Crippen molar-refractivity contribution < 1.29 is 4.39 Å². The topological polar surface area (TPSA) is 41.8 Å². The van der Waals surface area contributed by atoms with Gasteiger partial charge in [0.05, 0.1) is 0 Å². The lowest BCUT2D eigenvalue weighted by Crippen LogP contribution is -1.84. The number of H-pyrrole nitrogens is 1. The van der Waals surface area contributed by atoms with E-state index in [1.54, 1.807) is 6.07 Å². The van der Waals surface area contributed by atoms with Crippen LogP contribution in [0, 0.1) is 5.82 Å². The molecule has 3 heteroatoms.